The molecule has 0 saturated carbocycles. The van der Waals surface area contributed by atoms with Crippen LogP contribution in [0.2, 0.25) is 0 Å². The van der Waals surface area contributed by atoms with Crippen LogP contribution in [0, 0.1) is 6.92 Å². The first-order valence-electron chi connectivity index (χ1n) is 6.12. The Labute approximate surface area is 96.3 Å². The summed E-state index contributed by atoms with van der Waals surface area (Å²) in [7, 11) is 0. The number of aryl methyl sites for hydroxylation is 1. The van der Waals surface area contributed by atoms with Crippen LogP contribution in [0.25, 0.3) is 10.9 Å². The van der Waals surface area contributed by atoms with Gasteiger partial charge in [-0.1, -0.05) is 18.2 Å². The number of H-pyrrole nitrogens is 1. The minimum absolute atomic E-state index is 1.08. The Balaban J connectivity index is 1.90. The molecule has 0 amide bonds. The molecule has 84 valence electrons. The number of aromatic amines is 1. The number of likely N-dealkylation sites (tertiary alicyclic amines) is 1. The number of rotatable bonds is 2. The van der Waals surface area contributed by atoms with Crippen molar-refractivity contribution in [3.8, 4) is 0 Å². The van der Waals surface area contributed by atoms with Crippen molar-refractivity contribution in [2.75, 3.05) is 13.1 Å². The van der Waals surface area contributed by atoms with Gasteiger partial charge in [-0.2, -0.15) is 0 Å². The van der Waals surface area contributed by atoms with E-state index in [0.29, 0.717) is 0 Å². The average molecular weight is 214 g/mol. The monoisotopic (exact) mass is 214 g/mol. The molecule has 2 heterocycles. The van der Waals surface area contributed by atoms with Crippen molar-refractivity contribution in [3.05, 3.63) is 35.5 Å². The molecular formula is C14H18N2. The average Bonchev–Trinajstić information content (AvgIpc) is 2.88. The van der Waals surface area contributed by atoms with Crippen molar-refractivity contribution < 1.29 is 0 Å². The van der Waals surface area contributed by atoms with Crippen LogP contribution in [0.5, 0.6) is 0 Å². The van der Waals surface area contributed by atoms with Gasteiger partial charge in [-0.15, -0.1) is 0 Å². The molecule has 3 rings (SSSR count). The van der Waals surface area contributed by atoms with E-state index < -0.39 is 0 Å². The van der Waals surface area contributed by atoms with E-state index in [1.54, 1.807) is 0 Å². The highest BCUT2D eigenvalue weighted by Crippen LogP contribution is 2.20. The van der Waals surface area contributed by atoms with Gasteiger partial charge in [-0.25, -0.2) is 0 Å². The van der Waals surface area contributed by atoms with Crippen molar-refractivity contribution in [1.82, 2.24) is 9.88 Å². The molecule has 2 aromatic rings. The van der Waals surface area contributed by atoms with Gasteiger partial charge in [0, 0.05) is 17.8 Å². The van der Waals surface area contributed by atoms with Gasteiger partial charge in [0.05, 0.1) is 0 Å². The first kappa shape index (κ1) is 9.91. The van der Waals surface area contributed by atoms with Gasteiger partial charge < -0.3 is 4.98 Å². The van der Waals surface area contributed by atoms with Crippen molar-refractivity contribution >= 4 is 10.9 Å². The zero-order valence-corrected chi connectivity index (χ0v) is 9.79. The van der Waals surface area contributed by atoms with Gasteiger partial charge >= 0.3 is 0 Å². The summed E-state index contributed by atoms with van der Waals surface area (Å²) in [6.07, 6.45) is 2.72. The molecule has 0 bridgehead atoms. The maximum absolute atomic E-state index is 3.55. The molecule has 16 heavy (non-hydrogen) atoms. The molecule has 0 aliphatic carbocycles. The highest BCUT2D eigenvalue weighted by Gasteiger charge is 2.12. The molecule has 2 heteroatoms. The lowest BCUT2D eigenvalue weighted by molar-refractivity contribution is 0.328. The molecule has 1 fully saturated rings. The molecule has 1 aromatic heterocycles. The van der Waals surface area contributed by atoms with Gasteiger partial charge in [0.1, 0.15) is 0 Å². The van der Waals surface area contributed by atoms with Crippen LogP contribution in [-0.4, -0.2) is 23.0 Å². The predicted octanol–water partition coefficient (Wildman–Crippen LogP) is 3.07. The second-order valence-corrected chi connectivity index (χ2v) is 4.82. The quantitative estimate of drug-likeness (QED) is 0.814. The summed E-state index contributed by atoms with van der Waals surface area (Å²) in [6, 6.07) is 8.77. The summed E-state index contributed by atoms with van der Waals surface area (Å²) in [6.45, 7) is 5.76. The lowest BCUT2D eigenvalue weighted by Crippen LogP contribution is -2.18. The molecule has 0 radical (unpaired) electrons. The van der Waals surface area contributed by atoms with E-state index in [1.165, 1.54) is 48.1 Å². The topological polar surface area (TPSA) is 19.0 Å². The highest BCUT2D eigenvalue weighted by molar-refractivity contribution is 5.83. The Morgan fingerprint density at radius 3 is 2.81 bits per heavy atom. The van der Waals surface area contributed by atoms with E-state index in [0.717, 1.165) is 6.54 Å². The summed E-state index contributed by atoms with van der Waals surface area (Å²) in [4.78, 5) is 6.08. The molecule has 0 atom stereocenters. The van der Waals surface area contributed by atoms with Gasteiger partial charge in [-0.05, 0) is 49.9 Å². The molecule has 1 saturated heterocycles. The molecular weight excluding hydrogens is 196 g/mol. The Kier molecular flexibility index (Phi) is 2.44. The number of benzene rings is 1. The van der Waals surface area contributed by atoms with Gasteiger partial charge in [0.2, 0.25) is 0 Å². The number of nitrogens with one attached hydrogen (secondary N) is 1. The second-order valence-electron chi connectivity index (χ2n) is 4.82. The second kappa shape index (κ2) is 3.95. The van der Waals surface area contributed by atoms with Crippen LogP contribution in [0.4, 0.5) is 0 Å². The number of fused-ring (bicyclic) bond motifs is 1. The van der Waals surface area contributed by atoms with Crippen LogP contribution in [0.3, 0.4) is 0 Å². The number of hydrogen-bond donors (Lipinski definition) is 1. The maximum Gasteiger partial charge on any atom is 0.0486 e. The Bertz CT molecular complexity index is 492. The van der Waals surface area contributed by atoms with E-state index in [1.807, 2.05) is 0 Å². The van der Waals surface area contributed by atoms with E-state index in [2.05, 4.69) is 41.1 Å². The lowest BCUT2D eigenvalue weighted by atomic mass is 10.2. The third-order valence-corrected chi connectivity index (χ3v) is 3.51. The van der Waals surface area contributed by atoms with Crippen LogP contribution < -0.4 is 0 Å². The number of nitrogens with zero attached hydrogens (tertiary/aromatic N) is 1. The van der Waals surface area contributed by atoms with Gasteiger partial charge in [-0.3, -0.25) is 4.90 Å². The normalized spacial score (nSPS) is 17.3. The Morgan fingerprint density at radius 2 is 2.06 bits per heavy atom. The molecule has 1 aliphatic heterocycles. The van der Waals surface area contributed by atoms with Crippen molar-refractivity contribution in [3.63, 3.8) is 0 Å². The van der Waals surface area contributed by atoms with Crippen LogP contribution in [0.1, 0.15) is 24.1 Å². The summed E-state index contributed by atoms with van der Waals surface area (Å²) < 4.78 is 0. The summed E-state index contributed by atoms with van der Waals surface area (Å²) in [5.74, 6) is 0. The fourth-order valence-electron chi connectivity index (χ4n) is 2.63. The fourth-order valence-corrected chi connectivity index (χ4v) is 2.63. The number of para-hydroxylation sites is 1. The molecule has 0 spiro atoms. The minimum atomic E-state index is 1.08. The third-order valence-electron chi connectivity index (χ3n) is 3.51. The minimum Gasteiger partial charge on any atom is -0.357 e. The zero-order valence-electron chi connectivity index (χ0n) is 9.79. The first-order chi connectivity index (χ1) is 7.83. The van der Waals surface area contributed by atoms with E-state index in [4.69, 9.17) is 0 Å². The third kappa shape index (κ3) is 1.74. The van der Waals surface area contributed by atoms with Crippen molar-refractivity contribution in [2.45, 2.75) is 26.3 Å². The summed E-state index contributed by atoms with van der Waals surface area (Å²) >= 11 is 0. The first-order valence-corrected chi connectivity index (χ1v) is 6.12. The highest BCUT2D eigenvalue weighted by atomic mass is 15.1. The molecule has 1 N–H and O–H groups in total. The standard InChI is InChI=1S/C14H18N2/c1-11-5-4-6-12-9-13(15-14(11)12)10-16-7-2-3-8-16/h4-6,9,15H,2-3,7-8,10H2,1H3. The van der Waals surface area contributed by atoms with Crippen molar-refractivity contribution in [2.24, 2.45) is 0 Å². The van der Waals surface area contributed by atoms with E-state index in [9.17, 15) is 0 Å². The predicted molar refractivity (Wildman–Crippen MR) is 67.5 cm³/mol. The molecule has 0 unspecified atom stereocenters. The molecule has 1 aliphatic rings. The Morgan fingerprint density at radius 1 is 1.25 bits per heavy atom. The molecule has 2 nitrogen and oxygen atoms in total. The van der Waals surface area contributed by atoms with Gasteiger partial charge in [0.25, 0.3) is 0 Å². The van der Waals surface area contributed by atoms with E-state index in [-0.39, 0.29) is 0 Å². The zero-order chi connectivity index (χ0) is 11.0. The van der Waals surface area contributed by atoms with Crippen LogP contribution in [0.15, 0.2) is 24.3 Å². The largest absolute Gasteiger partial charge is 0.357 e. The number of hydrogen-bond acceptors (Lipinski definition) is 1. The number of aromatic nitrogens is 1. The summed E-state index contributed by atoms with van der Waals surface area (Å²) in [5.41, 5.74) is 3.99. The maximum atomic E-state index is 3.55. The van der Waals surface area contributed by atoms with Crippen LogP contribution >= 0.6 is 0 Å². The fraction of sp³-hybridized carbons (Fsp3) is 0.429. The van der Waals surface area contributed by atoms with E-state index >= 15 is 0 Å². The van der Waals surface area contributed by atoms with Crippen molar-refractivity contribution in [1.29, 1.82) is 0 Å². The lowest BCUT2D eigenvalue weighted by Gasteiger charge is -2.12. The SMILES string of the molecule is Cc1cccc2cc(CN3CCCC3)[nH]c12. The smallest absolute Gasteiger partial charge is 0.0486 e. The summed E-state index contributed by atoms with van der Waals surface area (Å²) in [5, 5.41) is 1.34. The van der Waals surface area contributed by atoms with Gasteiger partial charge in [0.15, 0.2) is 0 Å². The van der Waals surface area contributed by atoms with Crippen LogP contribution in [-0.2, 0) is 6.54 Å². The Hall–Kier alpha value is -1.28. The molecule has 1 aromatic carbocycles.